The zero-order valence-electron chi connectivity index (χ0n) is 10.4. The Bertz CT molecular complexity index is 515. The van der Waals surface area contributed by atoms with E-state index in [4.69, 9.17) is 4.74 Å². The van der Waals surface area contributed by atoms with Crippen molar-refractivity contribution in [3.63, 3.8) is 0 Å². The van der Waals surface area contributed by atoms with Crippen LogP contribution in [0.2, 0.25) is 0 Å². The van der Waals surface area contributed by atoms with E-state index in [0.717, 1.165) is 18.7 Å². The van der Waals surface area contributed by atoms with Gasteiger partial charge in [0.25, 0.3) is 0 Å². The Morgan fingerprint density at radius 3 is 3.11 bits per heavy atom. The van der Waals surface area contributed by atoms with Crippen molar-refractivity contribution in [3.05, 3.63) is 42.1 Å². The van der Waals surface area contributed by atoms with E-state index >= 15 is 0 Å². The number of nitrogens with one attached hydrogen (secondary N) is 1. The summed E-state index contributed by atoms with van der Waals surface area (Å²) in [6.45, 7) is 2.57. The molecule has 0 bridgehead atoms. The first kappa shape index (κ1) is 11.6. The Morgan fingerprint density at radius 1 is 1.28 bits per heavy atom. The van der Waals surface area contributed by atoms with Crippen LogP contribution in [0, 0.1) is 0 Å². The molecule has 1 aromatic heterocycles. The highest BCUT2D eigenvalue weighted by molar-refractivity contribution is 5.81. The van der Waals surface area contributed by atoms with Gasteiger partial charge >= 0.3 is 0 Å². The van der Waals surface area contributed by atoms with Crippen molar-refractivity contribution >= 4 is 10.9 Å². The molecule has 0 saturated carbocycles. The van der Waals surface area contributed by atoms with Gasteiger partial charge in [0.2, 0.25) is 0 Å². The monoisotopic (exact) mass is 242 g/mol. The highest BCUT2D eigenvalue weighted by atomic mass is 16.5. The van der Waals surface area contributed by atoms with E-state index in [1.165, 1.54) is 23.8 Å². The average Bonchev–Trinajstić information content (AvgIpc) is 2.92. The third-order valence-electron chi connectivity index (χ3n) is 3.46. The number of benzene rings is 1. The number of aromatic nitrogens is 1. The van der Waals surface area contributed by atoms with Gasteiger partial charge in [-0.2, -0.15) is 0 Å². The molecule has 3 rings (SSSR count). The van der Waals surface area contributed by atoms with Gasteiger partial charge in [0.05, 0.1) is 18.7 Å². The van der Waals surface area contributed by atoms with Crippen LogP contribution in [0.1, 0.15) is 18.4 Å². The molecule has 3 nitrogen and oxygen atoms in total. The van der Waals surface area contributed by atoms with Gasteiger partial charge in [0, 0.05) is 23.2 Å². The van der Waals surface area contributed by atoms with E-state index in [9.17, 15) is 0 Å². The fourth-order valence-corrected chi connectivity index (χ4v) is 2.49. The Kier molecular flexibility index (Phi) is 3.53. The van der Waals surface area contributed by atoms with Gasteiger partial charge in [-0.15, -0.1) is 0 Å². The van der Waals surface area contributed by atoms with Gasteiger partial charge in [-0.05, 0) is 25.5 Å². The molecular formula is C15H18N2O. The van der Waals surface area contributed by atoms with Crippen LogP contribution in [0.5, 0.6) is 0 Å². The Labute approximate surface area is 107 Å². The number of rotatable bonds is 4. The van der Waals surface area contributed by atoms with E-state index in [1.54, 1.807) is 0 Å². The van der Waals surface area contributed by atoms with Crippen molar-refractivity contribution in [2.45, 2.75) is 25.5 Å². The van der Waals surface area contributed by atoms with Gasteiger partial charge in [-0.1, -0.05) is 24.3 Å². The highest BCUT2D eigenvalue weighted by Crippen LogP contribution is 2.17. The summed E-state index contributed by atoms with van der Waals surface area (Å²) < 4.78 is 5.81. The molecule has 1 aliphatic rings. The van der Waals surface area contributed by atoms with Crippen LogP contribution in [0.4, 0.5) is 0 Å². The molecule has 2 aromatic rings. The molecule has 1 aliphatic heterocycles. The number of para-hydroxylation sites is 1. The minimum absolute atomic E-state index is 0.535. The molecule has 0 radical (unpaired) electrons. The summed E-state index contributed by atoms with van der Waals surface area (Å²) in [5.41, 5.74) is 2.23. The van der Waals surface area contributed by atoms with Gasteiger partial charge in [0.15, 0.2) is 0 Å². The van der Waals surface area contributed by atoms with Crippen molar-refractivity contribution in [2.24, 2.45) is 0 Å². The summed E-state index contributed by atoms with van der Waals surface area (Å²) in [5.74, 6) is 0. The molecule has 1 saturated heterocycles. The van der Waals surface area contributed by atoms with Gasteiger partial charge in [0.1, 0.15) is 0 Å². The number of fused-ring (bicyclic) bond motifs is 1. The Balaban J connectivity index is 1.66. The predicted molar refractivity (Wildman–Crippen MR) is 72.4 cm³/mol. The number of pyridine rings is 1. The van der Waals surface area contributed by atoms with Gasteiger partial charge < -0.3 is 10.1 Å². The van der Waals surface area contributed by atoms with Crippen molar-refractivity contribution in [2.75, 3.05) is 13.2 Å². The van der Waals surface area contributed by atoms with Gasteiger partial charge in [-0.3, -0.25) is 4.98 Å². The van der Waals surface area contributed by atoms with Crippen LogP contribution in [0.15, 0.2) is 36.5 Å². The minimum atomic E-state index is 0.535. The summed E-state index contributed by atoms with van der Waals surface area (Å²) in [4.78, 5) is 4.44. The maximum absolute atomic E-state index is 5.81. The number of ether oxygens (including phenoxy) is 1. The minimum Gasteiger partial charge on any atom is -0.375 e. The molecule has 0 spiro atoms. The predicted octanol–water partition coefficient (Wildman–Crippen LogP) is 2.50. The lowest BCUT2D eigenvalue weighted by molar-refractivity contribution is 0.104. The lowest BCUT2D eigenvalue weighted by Gasteiger charge is -2.11. The molecule has 1 N–H and O–H groups in total. The standard InChI is InChI=1S/C15H18N2O/c1-4-12-6-2-9-17-15(12)13(5-1)10-18-11-14-7-3-8-16-14/h1-2,4-6,9,14,16H,3,7-8,10-11H2. The first-order valence-corrected chi connectivity index (χ1v) is 6.57. The molecule has 1 aromatic carbocycles. The normalized spacial score (nSPS) is 19.4. The maximum atomic E-state index is 5.81. The molecule has 94 valence electrons. The van der Waals surface area contributed by atoms with E-state index in [-0.39, 0.29) is 0 Å². The fourth-order valence-electron chi connectivity index (χ4n) is 2.49. The van der Waals surface area contributed by atoms with E-state index < -0.39 is 0 Å². The first-order valence-electron chi connectivity index (χ1n) is 6.57. The Hall–Kier alpha value is -1.45. The largest absolute Gasteiger partial charge is 0.375 e. The zero-order valence-corrected chi connectivity index (χ0v) is 10.4. The number of hydrogen-bond donors (Lipinski definition) is 1. The molecule has 18 heavy (non-hydrogen) atoms. The molecule has 1 atom stereocenters. The second-order valence-electron chi connectivity index (χ2n) is 4.80. The SMILES string of the molecule is c1cnc2c(COCC3CCCN3)cccc2c1. The molecular weight excluding hydrogens is 224 g/mol. The van der Waals surface area contributed by atoms with Crippen molar-refractivity contribution in [1.29, 1.82) is 0 Å². The first-order chi connectivity index (χ1) is 8.93. The molecule has 3 heteroatoms. The van der Waals surface area contributed by atoms with Crippen molar-refractivity contribution in [1.82, 2.24) is 10.3 Å². The topological polar surface area (TPSA) is 34.1 Å². The molecule has 1 fully saturated rings. The van der Waals surface area contributed by atoms with Crippen LogP contribution < -0.4 is 5.32 Å². The fraction of sp³-hybridized carbons (Fsp3) is 0.400. The molecule has 2 heterocycles. The smallest absolute Gasteiger partial charge is 0.0757 e. The van der Waals surface area contributed by atoms with E-state index in [2.05, 4.69) is 34.6 Å². The van der Waals surface area contributed by atoms with Crippen LogP contribution in [-0.4, -0.2) is 24.2 Å². The summed E-state index contributed by atoms with van der Waals surface area (Å²) in [6.07, 6.45) is 4.34. The third kappa shape index (κ3) is 2.52. The summed E-state index contributed by atoms with van der Waals surface area (Å²) >= 11 is 0. The van der Waals surface area contributed by atoms with Gasteiger partial charge in [-0.25, -0.2) is 0 Å². The third-order valence-corrected chi connectivity index (χ3v) is 3.46. The molecule has 0 amide bonds. The molecule has 0 aliphatic carbocycles. The second-order valence-corrected chi connectivity index (χ2v) is 4.80. The van der Waals surface area contributed by atoms with E-state index in [1.807, 2.05) is 12.3 Å². The van der Waals surface area contributed by atoms with Crippen molar-refractivity contribution < 1.29 is 4.74 Å². The van der Waals surface area contributed by atoms with Crippen LogP contribution >= 0.6 is 0 Å². The second kappa shape index (κ2) is 5.46. The van der Waals surface area contributed by atoms with E-state index in [0.29, 0.717) is 12.6 Å². The summed E-state index contributed by atoms with van der Waals surface area (Å²) in [5, 5.41) is 4.62. The lowest BCUT2D eigenvalue weighted by atomic mass is 10.1. The highest BCUT2D eigenvalue weighted by Gasteiger charge is 2.13. The lowest BCUT2D eigenvalue weighted by Crippen LogP contribution is -2.26. The quantitative estimate of drug-likeness (QED) is 0.894. The maximum Gasteiger partial charge on any atom is 0.0757 e. The van der Waals surface area contributed by atoms with Crippen LogP contribution in [0.3, 0.4) is 0 Å². The molecule has 1 unspecified atom stereocenters. The summed E-state index contributed by atoms with van der Waals surface area (Å²) in [6, 6.07) is 10.8. The zero-order chi connectivity index (χ0) is 12.2. The summed E-state index contributed by atoms with van der Waals surface area (Å²) in [7, 11) is 0. The Morgan fingerprint density at radius 2 is 2.22 bits per heavy atom. The van der Waals surface area contributed by atoms with Crippen LogP contribution in [-0.2, 0) is 11.3 Å². The average molecular weight is 242 g/mol. The number of hydrogen-bond acceptors (Lipinski definition) is 3. The van der Waals surface area contributed by atoms with Crippen molar-refractivity contribution in [3.8, 4) is 0 Å². The number of nitrogens with zero attached hydrogens (tertiary/aromatic N) is 1. The van der Waals surface area contributed by atoms with Crippen LogP contribution in [0.25, 0.3) is 10.9 Å².